The third-order valence-electron chi connectivity index (χ3n) is 2.88. The van der Waals surface area contributed by atoms with Crippen molar-refractivity contribution in [3.05, 3.63) is 59.7 Å². The zero-order chi connectivity index (χ0) is 15.1. The Labute approximate surface area is 121 Å². The molecule has 0 saturated heterocycles. The van der Waals surface area contributed by atoms with Crippen LogP contribution >= 0.6 is 0 Å². The molecule has 0 aliphatic heterocycles. The van der Waals surface area contributed by atoms with E-state index in [1.807, 2.05) is 24.3 Å². The summed E-state index contributed by atoms with van der Waals surface area (Å²) >= 11 is 0. The van der Waals surface area contributed by atoms with Crippen LogP contribution in [0.25, 0.3) is 0 Å². The number of benzene rings is 2. The van der Waals surface area contributed by atoms with E-state index >= 15 is 0 Å². The second kappa shape index (κ2) is 7.25. The molecule has 108 valence electrons. The molecule has 2 rings (SSSR count). The van der Waals surface area contributed by atoms with E-state index in [9.17, 15) is 8.78 Å². The van der Waals surface area contributed by atoms with Gasteiger partial charge in [0, 0.05) is 12.2 Å². The fraction of sp³-hybridized carbons (Fsp3) is 0.188. The molecular weight excluding hydrogens is 274 g/mol. The van der Waals surface area contributed by atoms with Crippen LogP contribution in [-0.2, 0) is 13.0 Å². The van der Waals surface area contributed by atoms with Crippen LogP contribution in [-0.4, -0.2) is 6.61 Å². The molecule has 2 aromatic rings. The maximum absolute atomic E-state index is 12.0. The highest BCUT2D eigenvalue weighted by atomic mass is 19.3. The number of hydrogen-bond donors (Lipinski definition) is 1. The van der Waals surface area contributed by atoms with Gasteiger partial charge < -0.3 is 10.1 Å². The van der Waals surface area contributed by atoms with Crippen molar-refractivity contribution in [1.82, 2.24) is 0 Å². The van der Waals surface area contributed by atoms with E-state index in [1.54, 1.807) is 12.1 Å². The van der Waals surface area contributed by atoms with E-state index in [0.29, 0.717) is 13.0 Å². The van der Waals surface area contributed by atoms with Gasteiger partial charge >= 0.3 is 6.61 Å². The van der Waals surface area contributed by atoms with Crippen molar-refractivity contribution in [1.29, 1.82) is 5.26 Å². The van der Waals surface area contributed by atoms with Gasteiger partial charge in [0.1, 0.15) is 5.75 Å². The summed E-state index contributed by atoms with van der Waals surface area (Å²) in [6.45, 7) is -2.23. The van der Waals surface area contributed by atoms with Crippen molar-refractivity contribution in [2.45, 2.75) is 19.6 Å². The predicted octanol–water partition coefficient (Wildman–Crippen LogP) is 3.97. The van der Waals surface area contributed by atoms with Gasteiger partial charge in [-0.2, -0.15) is 14.0 Å². The van der Waals surface area contributed by atoms with Crippen molar-refractivity contribution < 1.29 is 13.5 Å². The Morgan fingerprint density at radius 1 is 1.00 bits per heavy atom. The quantitative estimate of drug-likeness (QED) is 0.875. The lowest BCUT2D eigenvalue weighted by Gasteiger charge is -2.08. The number of halogens is 2. The van der Waals surface area contributed by atoms with Crippen molar-refractivity contribution >= 4 is 5.69 Å². The first-order chi connectivity index (χ1) is 10.2. The van der Waals surface area contributed by atoms with Crippen molar-refractivity contribution in [3.8, 4) is 11.8 Å². The predicted molar refractivity (Wildman–Crippen MR) is 76.2 cm³/mol. The Balaban J connectivity index is 1.89. The molecule has 0 saturated carbocycles. The molecule has 0 aliphatic rings. The number of hydrogen-bond acceptors (Lipinski definition) is 3. The molecule has 0 fully saturated rings. The average Bonchev–Trinajstić information content (AvgIpc) is 2.48. The van der Waals surface area contributed by atoms with Crippen LogP contribution in [0.3, 0.4) is 0 Å². The monoisotopic (exact) mass is 288 g/mol. The molecule has 0 amide bonds. The second-order valence-electron chi connectivity index (χ2n) is 4.41. The average molecular weight is 288 g/mol. The summed E-state index contributed by atoms with van der Waals surface area (Å²) in [6, 6.07) is 16.2. The van der Waals surface area contributed by atoms with Crippen molar-refractivity contribution in [3.63, 3.8) is 0 Å². The van der Waals surface area contributed by atoms with Crippen LogP contribution in [0.5, 0.6) is 5.75 Å². The minimum Gasteiger partial charge on any atom is -0.435 e. The van der Waals surface area contributed by atoms with Gasteiger partial charge in [-0.3, -0.25) is 0 Å². The van der Waals surface area contributed by atoms with Crippen LogP contribution in [0.2, 0.25) is 0 Å². The molecule has 1 N–H and O–H groups in total. The summed E-state index contributed by atoms with van der Waals surface area (Å²) in [6.07, 6.45) is 0.395. The molecule has 2 aromatic carbocycles. The maximum atomic E-state index is 12.0. The Kier molecular flexibility index (Phi) is 5.10. The van der Waals surface area contributed by atoms with Gasteiger partial charge in [-0.25, -0.2) is 0 Å². The lowest BCUT2D eigenvalue weighted by atomic mass is 10.1. The number of anilines is 1. The normalized spacial score (nSPS) is 10.2. The number of nitrogens with zero attached hydrogens (tertiary/aromatic N) is 1. The van der Waals surface area contributed by atoms with E-state index in [1.165, 1.54) is 12.1 Å². The Hall–Kier alpha value is -2.61. The van der Waals surface area contributed by atoms with Crippen molar-refractivity contribution in [2.24, 2.45) is 0 Å². The summed E-state index contributed by atoms with van der Waals surface area (Å²) < 4.78 is 28.3. The Bertz CT molecular complexity index is 604. The standard InChI is InChI=1S/C16H14F2N2O/c17-16(18)21-15-7-3-13(4-8-15)11-20-14-5-1-12(2-6-14)9-10-19/h1-8,16,20H,9,11H2. The van der Waals surface area contributed by atoms with Crippen LogP contribution in [0.1, 0.15) is 11.1 Å². The zero-order valence-electron chi connectivity index (χ0n) is 11.2. The summed E-state index contributed by atoms with van der Waals surface area (Å²) in [4.78, 5) is 0. The van der Waals surface area contributed by atoms with E-state index in [4.69, 9.17) is 5.26 Å². The van der Waals surface area contributed by atoms with E-state index in [0.717, 1.165) is 16.8 Å². The molecule has 0 atom stereocenters. The SMILES string of the molecule is N#CCc1ccc(NCc2ccc(OC(F)F)cc2)cc1. The van der Waals surface area contributed by atoms with Crippen LogP contribution in [0.15, 0.2) is 48.5 Å². The minimum atomic E-state index is -2.80. The van der Waals surface area contributed by atoms with Gasteiger partial charge in [-0.15, -0.1) is 0 Å². The molecule has 0 radical (unpaired) electrons. The fourth-order valence-electron chi connectivity index (χ4n) is 1.82. The third kappa shape index (κ3) is 4.77. The maximum Gasteiger partial charge on any atom is 0.387 e. The fourth-order valence-corrected chi connectivity index (χ4v) is 1.82. The summed E-state index contributed by atoms with van der Waals surface area (Å²) in [7, 11) is 0. The van der Waals surface area contributed by atoms with Crippen molar-refractivity contribution in [2.75, 3.05) is 5.32 Å². The van der Waals surface area contributed by atoms with Gasteiger partial charge in [0.05, 0.1) is 12.5 Å². The summed E-state index contributed by atoms with van der Waals surface area (Å²) in [5, 5.41) is 11.8. The van der Waals surface area contributed by atoms with Gasteiger partial charge in [0.2, 0.25) is 0 Å². The highest BCUT2D eigenvalue weighted by Gasteiger charge is 2.03. The van der Waals surface area contributed by atoms with Crippen LogP contribution < -0.4 is 10.1 Å². The first-order valence-electron chi connectivity index (χ1n) is 6.41. The number of rotatable bonds is 6. The molecule has 21 heavy (non-hydrogen) atoms. The van der Waals surface area contributed by atoms with Gasteiger partial charge in [-0.05, 0) is 35.4 Å². The minimum absolute atomic E-state index is 0.148. The highest BCUT2D eigenvalue weighted by molar-refractivity contribution is 5.45. The van der Waals surface area contributed by atoms with Gasteiger partial charge in [0.25, 0.3) is 0 Å². The molecule has 3 nitrogen and oxygen atoms in total. The Morgan fingerprint density at radius 2 is 1.62 bits per heavy atom. The lowest BCUT2D eigenvalue weighted by molar-refractivity contribution is -0.0498. The van der Waals surface area contributed by atoms with Crippen LogP contribution in [0, 0.1) is 11.3 Å². The number of nitriles is 1. The Morgan fingerprint density at radius 3 is 2.19 bits per heavy atom. The molecule has 0 bridgehead atoms. The molecule has 0 spiro atoms. The third-order valence-corrected chi connectivity index (χ3v) is 2.88. The second-order valence-corrected chi connectivity index (χ2v) is 4.41. The lowest BCUT2D eigenvalue weighted by Crippen LogP contribution is -2.03. The van der Waals surface area contributed by atoms with E-state index in [-0.39, 0.29) is 5.75 Å². The van der Waals surface area contributed by atoms with E-state index in [2.05, 4.69) is 16.1 Å². The summed E-state index contributed by atoms with van der Waals surface area (Å²) in [5.74, 6) is 0.148. The van der Waals surface area contributed by atoms with Gasteiger partial charge in [-0.1, -0.05) is 24.3 Å². The van der Waals surface area contributed by atoms with Crippen LogP contribution in [0.4, 0.5) is 14.5 Å². The number of alkyl halides is 2. The smallest absolute Gasteiger partial charge is 0.387 e. The first-order valence-corrected chi connectivity index (χ1v) is 6.41. The van der Waals surface area contributed by atoms with Gasteiger partial charge in [0.15, 0.2) is 0 Å². The first kappa shape index (κ1) is 14.8. The topological polar surface area (TPSA) is 45.0 Å². The molecule has 0 aromatic heterocycles. The number of ether oxygens (including phenoxy) is 1. The largest absolute Gasteiger partial charge is 0.435 e. The molecule has 0 heterocycles. The molecule has 5 heteroatoms. The summed E-state index contributed by atoms with van der Waals surface area (Å²) in [5.41, 5.74) is 2.86. The van der Waals surface area contributed by atoms with E-state index < -0.39 is 6.61 Å². The highest BCUT2D eigenvalue weighted by Crippen LogP contribution is 2.16. The zero-order valence-corrected chi connectivity index (χ0v) is 11.2. The molecule has 0 aliphatic carbocycles. The molecular formula is C16H14F2N2O. The molecule has 0 unspecified atom stereocenters. The number of nitrogens with one attached hydrogen (secondary N) is 1.